The molecule has 98 valence electrons. The summed E-state index contributed by atoms with van der Waals surface area (Å²) >= 11 is 1.74. The number of benzene rings is 1. The molecular weight excluding hydrogens is 259 g/mol. The van der Waals surface area contributed by atoms with Crippen molar-refractivity contribution in [2.24, 2.45) is 0 Å². The second-order valence-corrected chi connectivity index (χ2v) is 5.50. The number of hydrogen-bond donors (Lipinski definition) is 1. The third-order valence-electron chi connectivity index (χ3n) is 2.96. The van der Waals surface area contributed by atoms with Gasteiger partial charge in [0.05, 0.1) is 11.7 Å². The van der Waals surface area contributed by atoms with E-state index in [-0.39, 0.29) is 11.6 Å². The number of nitrogens with zero attached hydrogens (tertiary/aromatic N) is 1. The van der Waals surface area contributed by atoms with Crippen LogP contribution in [-0.2, 0) is 6.42 Å². The lowest BCUT2D eigenvalue weighted by atomic mass is 10.1. The van der Waals surface area contributed by atoms with Crippen molar-refractivity contribution < 1.29 is 4.39 Å². The zero-order valence-electron chi connectivity index (χ0n) is 10.9. The number of nitrogens with one attached hydrogen (secondary N) is 1. The first-order valence-electron chi connectivity index (χ1n) is 6.19. The average molecular weight is 274 g/mol. The first-order chi connectivity index (χ1) is 9.15. The van der Waals surface area contributed by atoms with Gasteiger partial charge in [0, 0.05) is 9.75 Å². The maximum Gasteiger partial charge on any atom is 0.143 e. The van der Waals surface area contributed by atoms with Crippen LogP contribution >= 0.6 is 11.3 Å². The second kappa shape index (κ2) is 5.85. The number of nitriles is 1. The summed E-state index contributed by atoms with van der Waals surface area (Å²) in [6.07, 6.45) is 1.01. The molecular formula is C15H15FN2S. The molecule has 0 saturated heterocycles. The van der Waals surface area contributed by atoms with Crippen LogP contribution in [0, 0.1) is 17.1 Å². The Morgan fingerprint density at radius 3 is 2.79 bits per heavy atom. The molecule has 2 nitrogen and oxygen atoms in total. The lowest BCUT2D eigenvalue weighted by Crippen LogP contribution is -2.07. The Kier molecular flexibility index (Phi) is 4.18. The standard InChI is InChI=1S/C15H15FN2S/c1-3-11-7-8-15(19-11)10(2)18-14-6-4-5-13(16)12(14)9-17/h4-8,10,18H,3H2,1-2H3. The van der Waals surface area contributed by atoms with Crippen LogP contribution in [0.3, 0.4) is 0 Å². The van der Waals surface area contributed by atoms with Gasteiger partial charge in [-0.3, -0.25) is 0 Å². The van der Waals surface area contributed by atoms with Gasteiger partial charge in [0.2, 0.25) is 0 Å². The van der Waals surface area contributed by atoms with E-state index in [9.17, 15) is 4.39 Å². The molecule has 1 N–H and O–H groups in total. The quantitative estimate of drug-likeness (QED) is 0.891. The Bertz CT molecular complexity index is 613. The highest BCUT2D eigenvalue weighted by Gasteiger charge is 2.12. The molecule has 1 aromatic carbocycles. The lowest BCUT2D eigenvalue weighted by molar-refractivity contribution is 0.624. The molecule has 0 aliphatic carbocycles. The Morgan fingerprint density at radius 1 is 1.37 bits per heavy atom. The van der Waals surface area contributed by atoms with Crippen LogP contribution in [-0.4, -0.2) is 0 Å². The number of anilines is 1. The van der Waals surface area contributed by atoms with Crippen molar-refractivity contribution in [2.75, 3.05) is 5.32 Å². The molecule has 0 amide bonds. The van der Waals surface area contributed by atoms with Crippen LogP contribution in [0.15, 0.2) is 30.3 Å². The van der Waals surface area contributed by atoms with Crippen molar-refractivity contribution in [1.82, 2.24) is 0 Å². The van der Waals surface area contributed by atoms with Crippen LogP contribution in [0.25, 0.3) is 0 Å². The number of rotatable bonds is 4. The van der Waals surface area contributed by atoms with Gasteiger partial charge in [0.15, 0.2) is 0 Å². The lowest BCUT2D eigenvalue weighted by Gasteiger charge is -2.15. The van der Waals surface area contributed by atoms with Gasteiger partial charge in [-0.15, -0.1) is 11.3 Å². The summed E-state index contributed by atoms with van der Waals surface area (Å²) in [7, 11) is 0. The summed E-state index contributed by atoms with van der Waals surface area (Å²) in [4.78, 5) is 2.51. The van der Waals surface area contributed by atoms with Crippen LogP contribution in [0.5, 0.6) is 0 Å². The minimum atomic E-state index is -0.486. The molecule has 2 aromatic rings. The summed E-state index contributed by atoms with van der Waals surface area (Å²) in [5, 5.41) is 12.2. The normalized spacial score (nSPS) is 11.9. The van der Waals surface area contributed by atoms with E-state index in [2.05, 4.69) is 24.4 Å². The number of aryl methyl sites for hydroxylation is 1. The topological polar surface area (TPSA) is 35.8 Å². The largest absolute Gasteiger partial charge is 0.377 e. The Labute approximate surface area is 116 Å². The molecule has 0 aliphatic heterocycles. The summed E-state index contributed by atoms with van der Waals surface area (Å²) < 4.78 is 13.5. The first-order valence-corrected chi connectivity index (χ1v) is 7.01. The summed E-state index contributed by atoms with van der Waals surface area (Å²) in [5.41, 5.74) is 0.614. The van der Waals surface area contributed by atoms with E-state index in [0.29, 0.717) is 5.69 Å². The van der Waals surface area contributed by atoms with Gasteiger partial charge in [0.25, 0.3) is 0 Å². The van der Waals surface area contributed by atoms with Gasteiger partial charge in [-0.05, 0) is 37.6 Å². The first kappa shape index (κ1) is 13.6. The second-order valence-electron chi connectivity index (χ2n) is 4.30. The van der Waals surface area contributed by atoms with Crippen LogP contribution in [0.1, 0.15) is 35.2 Å². The highest BCUT2D eigenvalue weighted by molar-refractivity contribution is 7.12. The molecule has 0 bridgehead atoms. The molecule has 0 aliphatic rings. The number of thiophene rings is 1. The monoisotopic (exact) mass is 274 g/mol. The van der Waals surface area contributed by atoms with E-state index in [1.54, 1.807) is 23.5 Å². The SMILES string of the molecule is CCc1ccc(C(C)Nc2cccc(F)c2C#N)s1. The Balaban J connectivity index is 2.22. The van der Waals surface area contributed by atoms with E-state index in [4.69, 9.17) is 5.26 Å². The van der Waals surface area contributed by atoms with Crippen LogP contribution in [0.2, 0.25) is 0 Å². The summed E-state index contributed by atoms with van der Waals surface area (Å²) in [6, 6.07) is 10.8. The molecule has 0 radical (unpaired) electrons. The maximum atomic E-state index is 13.5. The molecule has 0 spiro atoms. The van der Waals surface area contributed by atoms with E-state index in [1.807, 2.05) is 13.0 Å². The fourth-order valence-corrected chi connectivity index (χ4v) is 2.83. The number of hydrogen-bond acceptors (Lipinski definition) is 3. The third kappa shape index (κ3) is 2.94. The van der Waals surface area contributed by atoms with E-state index >= 15 is 0 Å². The van der Waals surface area contributed by atoms with Crippen molar-refractivity contribution in [1.29, 1.82) is 5.26 Å². The van der Waals surface area contributed by atoms with Gasteiger partial charge in [-0.1, -0.05) is 13.0 Å². The van der Waals surface area contributed by atoms with Gasteiger partial charge in [-0.2, -0.15) is 5.26 Å². The maximum absolute atomic E-state index is 13.5. The van der Waals surface area contributed by atoms with E-state index in [1.165, 1.54) is 15.8 Å². The van der Waals surface area contributed by atoms with Gasteiger partial charge in [0.1, 0.15) is 17.4 Å². The molecule has 2 rings (SSSR count). The van der Waals surface area contributed by atoms with E-state index < -0.39 is 5.82 Å². The van der Waals surface area contributed by atoms with E-state index in [0.717, 1.165) is 6.42 Å². The highest BCUT2D eigenvalue weighted by atomic mass is 32.1. The fraction of sp³-hybridized carbons (Fsp3) is 0.267. The predicted molar refractivity (Wildman–Crippen MR) is 76.8 cm³/mol. The minimum absolute atomic E-state index is 0.0548. The fourth-order valence-electron chi connectivity index (χ4n) is 1.88. The predicted octanol–water partition coefficient (Wildman–Crippen LogP) is 4.49. The van der Waals surface area contributed by atoms with Crippen LogP contribution < -0.4 is 5.32 Å². The molecule has 0 fully saturated rings. The third-order valence-corrected chi connectivity index (χ3v) is 4.37. The highest BCUT2D eigenvalue weighted by Crippen LogP contribution is 2.28. The van der Waals surface area contributed by atoms with Crippen molar-refractivity contribution in [3.05, 3.63) is 51.5 Å². The molecule has 4 heteroatoms. The molecule has 1 atom stereocenters. The van der Waals surface area contributed by atoms with Crippen molar-refractivity contribution in [2.45, 2.75) is 26.3 Å². The molecule has 1 aromatic heterocycles. The Morgan fingerprint density at radius 2 is 2.16 bits per heavy atom. The smallest absolute Gasteiger partial charge is 0.143 e. The summed E-state index contributed by atoms with van der Waals surface area (Å²) in [6.45, 7) is 4.13. The molecule has 1 heterocycles. The molecule has 0 saturated carbocycles. The minimum Gasteiger partial charge on any atom is -0.377 e. The average Bonchev–Trinajstić information content (AvgIpc) is 2.88. The zero-order chi connectivity index (χ0) is 13.8. The Hall–Kier alpha value is -1.86. The van der Waals surface area contributed by atoms with Gasteiger partial charge < -0.3 is 5.32 Å². The van der Waals surface area contributed by atoms with Gasteiger partial charge in [-0.25, -0.2) is 4.39 Å². The zero-order valence-corrected chi connectivity index (χ0v) is 11.7. The van der Waals surface area contributed by atoms with Crippen molar-refractivity contribution >= 4 is 17.0 Å². The van der Waals surface area contributed by atoms with Gasteiger partial charge >= 0.3 is 0 Å². The number of halogens is 1. The molecule has 19 heavy (non-hydrogen) atoms. The van der Waals surface area contributed by atoms with Crippen LogP contribution in [0.4, 0.5) is 10.1 Å². The summed E-state index contributed by atoms with van der Waals surface area (Å²) in [5.74, 6) is -0.486. The van der Waals surface area contributed by atoms with Crippen molar-refractivity contribution in [3.63, 3.8) is 0 Å². The van der Waals surface area contributed by atoms with Crippen molar-refractivity contribution in [3.8, 4) is 6.07 Å². The molecule has 1 unspecified atom stereocenters.